The highest BCUT2D eigenvalue weighted by atomic mass is 19.1. The summed E-state index contributed by atoms with van der Waals surface area (Å²) in [6.45, 7) is 3.66. The van der Waals surface area contributed by atoms with Crippen molar-refractivity contribution in [2.45, 2.75) is 13.2 Å². The number of aryl methyl sites for hydroxylation is 1. The van der Waals surface area contributed by atoms with Crippen molar-refractivity contribution in [3.8, 4) is 5.75 Å². The molecule has 4 rings (SSSR count). The van der Waals surface area contributed by atoms with Crippen molar-refractivity contribution in [2.24, 2.45) is 7.05 Å². The first-order valence-electron chi connectivity index (χ1n) is 10.0. The van der Waals surface area contributed by atoms with Crippen LogP contribution in [0.1, 0.15) is 21.7 Å². The van der Waals surface area contributed by atoms with E-state index in [1.54, 1.807) is 24.4 Å². The van der Waals surface area contributed by atoms with Crippen LogP contribution in [0.4, 0.5) is 4.39 Å². The van der Waals surface area contributed by atoms with Gasteiger partial charge in [-0.2, -0.15) is 0 Å². The average Bonchev–Trinajstić information content (AvgIpc) is 3.19. The number of carbonyl (C=O) groups is 1. The van der Waals surface area contributed by atoms with Gasteiger partial charge in [-0.3, -0.25) is 9.69 Å². The number of hydrogen-bond acceptors (Lipinski definition) is 4. The van der Waals surface area contributed by atoms with E-state index in [2.05, 4.69) is 9.88 Å². The molecule has 156 valence electrons. The molecule has 0 atom stereocenters. The number of carbonyl (C=O) groups excluding carboxylic acids is 1. The zero-order valence-electron chi connectivity index (χ0n) is 17.0. The lowest BCUT2D eigenvalue weighted by atomic mass is 10.1. The summed E-state index contributed by atoms with van der Waals surface area (Å²) in [5, 5.41) is 0. The number of imidazole rings is 1. The highest BCUT2D eigenvalue weighted by Gasteiger charge is 2.22. The molecule has 0 N–H and O–H groups in total. The maximum Gasteiger partial charge on any atom is 0.253 e. The van der Waals surface area contributed by atoms with E-state index in [-0.39, 0.29) is 11.7 Å². The van der Waals surface area contributed by atoms with E-state index in [0.717, 1.165) is 18.9 Å². The molecule has 0 radical (unpaired) electrons. The molecule has 0 aliphatic carbocycles. The molecule has 0 bridgehead atoms. The number of halogens is 1. The largest absolute Gasteiger partial charge is 0.486 e. The van der Waals surface area contributed by atoms with Gasteiger partial charge in [0.05, 0.1) is 0 Å². The summed E-state index contributed by atoms with van der Waals surface area (Å²) < 4.78 is 21.5. The Hall–Kier alpha value is -3.19. The van der Waals surface area contributed by atoms with Crippen molar-refractivity contribution in [3.63, 3.8) is 0 Å². The Bertz CT molecular complexity index is 994. The fourth-order valence-electron chi connectivity index (χ4n) is 3.54. The monoisotopic (exact) mass is 408 g/mol. The number of benzene rings is 2. The Morgan fingerprint density at radius 2 is 1.80 bits per heavy atom. The predicted octanol–water partition coefficient (Wildman–Crippen LogP) is 3.10. The van der Waals surface area contributed by atoms with Crippen LogP contribution in [0, 0.1) is 5.82 Å². The van der Waals surface area contributed by atoms with Crippen molar-refractivity contribution in [1.82, 2.24) is 19.4 Å². The van der Waals surface area contributed by atoms with Crippen LogP contribution in [0.3, 0.4) is 0 Å². The van der Waals surface area contributed by atoms with Gasteiger partial charge in [-0.1, -0.05) is 18.2 Å². The molecule has 6 nitrogen and oxygen atoms in total. The first kappa shape index (κ1) is 20.1. The fourth-order valence-corrected chi connectivity index (χ4v) is 3.54. The van der Waals surface area contributed by atoms with Gasteiger partial charge in [0.25, 0.3) is 5.91 Å². The number of piperazine rings is 1. The molecule has 1 aromatic heterocycles. The van der Waals surface area contributed by atoms with Crippen molar-refractivity contribution in [3.05, 3.63) is 83.7 Å². The Kier molecular flexibility index (Phi) is 6.09. The van der Waals surface area contributed by atoms with E-state index < -0.39 is 0 Å². The molecule has 7 heteroatoms. The number of ether oxygens (including phenoxy) is 1. The van der Waals surface area contributed by atoms with Gasteiger partial charge in [-0.15, -0.1) is 0 Å². The van der Waals surface area contributed by atoms with Gasteiger partial charge >= 0.3 is 0 Å². The van der Waals surface area contributed by atoms with Crippen LogP contribution in [-0.4, -0.2) is 51.4 Å². The van der Waals surface area contributed by atoms with E-state index in [1.165, 1.54) is 6.07 Å². The van der Waals surface area contributed by atoms with Crippen LogP contribution >= 0.6 is 0 Å². The number of rotatable bonds is 6. The van der Waals surface area contributed by atoms with E-state index in [9.17, 15) is 9.18 Å². The molecule has 2 heterocycles. The minimum absolute atomic E-state index is 0.0104. The molecule has 3 aromatic rings. The minimum atomic E-state index is -0.179. The normalized spacial score (nSPS) is 14.7. The lowest BCUT2D eigenvalue weighted by molar-refractivity contribution is 0.0627. The zero-order valence-corrected chi connectivity index (χ0v) is 17.0. The number of amides is 1. The van der Waals surface area contributed by atoms with Gasteiger partial charge in [0.1, 0.15) is 24.0 Å². The third-order valence-corrected chi connectivity index (χ3v) is 5.40. The Morgan fingerprint density at radius 1 is 1.07 bits per heavy atom. The van der Waals surface area contributed by atoms with Crippen LogP contribution in [-0.2, 0) is 20.2 Å². The highest BCUT2D eigenvalue weighted by molar-refractivity contribution is 5.94. The summed E-state index contributed by atoms with van der Waals surface area (Å²) in [7, 11) is 1.92. The molecular weight excluding hydrogens is 383 g/mol. The Morgan fingerprint density at radius 3 is 2.47 bits per heavy atom. The van der Waals surface area contributed by atoms with E-state index in [4.69, 9.17) is 4.74 Å². The molecule has 0 spiro atoms. The van der Waals surface area contributed by atoms with Crippen LogP contribution in [0.2, 0.25) is 0 Å². The van der Waals surface area contributed by atoms with Crippen molar-refractivity contribution in [2.75, 3.05) is 26.2 Å². The maximum atomic E-state index is 13.9. The maximum absolute atomic E-state index is 13.9. The molecule has 0 unspecified atom stereocenters. The average molecular weight is 408 g/mol. The first-order chi connectivity index (χ1) is 14.6. The quantitative estimate of drug-likeness (QED) is 0.629. The minimum Gasteiger partial charge on any atom is -0.486 e. The van der Waals surface area contributed by atoms with Gasteiger partial charge in [-0.25, -0.2) is 9.37 Å². The van der Waals surface area contributed by atoms with Crippen molar-refractivity contribution >= 4 is 5.91 Å². The highest BCUT2D eigenvalue weighted by Crippen LogP contribution is 2.17. The topological polar surface area (TPSA) is 50.6 Å². The second-order valence-electron chi connectivity index (χ2n) is 7.43. The summed E-state index contributed by atoms with van der Waals surface area (Å²) in [5.74, 6) is 1.37. The summed E-state index contributed by atoms with van der Waals surface area (Å²) >= 11 is 0. The molecule has 1 aliphatic heterocycles. The zero-order chi connectivity index (χ0) is 20.9. The second kappa shape index (κ2) is 9.09. The van der Waals surface area contributed by atoms with Crippen LogP contribution in [0.15, 0.2) is 60.9 Å². The molecule has 1 saturated heterocycles. The third kappa shape index (κ3) is 4.68. The molecule has 1 fully saturated rings. The predicted molar refractivity (Wildman–Crippen MR) is 112 cm³/mol. The van der Waals surface area contributed by atoms with Crippen LogP contribution < -0.4 is 4.74 Å². The molecular formula is C23H25FN4O2. The van der Waals surface area contributed by atoms with Gasteiger partial charge in [0.2, 0.25) is 0 Å². The summed E-state index contributed by atoms with van der Waals surface area (Å²) in [5.41, 5.74) is 1.33. The number of hydrogen-bond donors (Lipinski definition) is 0. The van der Waals surface area contributed by atoms with Crippen LogP contribution in [0.25, 0.3) is 0 Å². The Labute approximate surface area is 175 Å². The van der Waals surface area contributed by atoms with E-state index in [0.29, 0.717) is 43.1 Å². The molecule has 30 heavy (non-hydrogen) atoms. The fraction of sp³-hybridized carbons (Fsp3) is 0.304. The lowest BCUT2D eigenvalue weighted by Crippen LogP contribution is -2.48. The lowest BCUT2D eigenvalue weighted by Gasteiger charge is -2.34. The smallest absolute Gasteiger partial charge is 0.253 e. The van der Waals surface area contributed by atoms with Gasteiger partial charge in [-0.05, 0) is 30.3 Å². The van der Waals surface area contributed by atoms with Gasteiger partial charge < -0.3 is 14.2 Å². The van der Waals surface area contributed by atoms with Gasteiger partial charge in [0.15, 0.2) is 0 Å². The molecule has 1 aliphatic rings. The summed E-state index contributed by atoms with van der Waals surface area (Å²) in [4.78, 5) is 21.1. The van der Waals surface area contributed by atoms with E-state index in [1.807, 2.05) is 47.0 Å². The summed E-state index contributed by atoms with van der Waals surface area (Å²) in [6, 6.07) is 14.0. The number of aromatic nitrogens is 2. The first-order valence-corrected chi connectivity index (χ1v) is 10.0. The third-order valence-electron chi connectivity index (χ3n) is 5.40. The standard InChI is InChI=1S/C23H25FN4O2/c1-26-11-10-25-22(26)17-30-20-8-6-18(7-9-20)23(29)28-14-12-27(13-15-28)16-19-4-2-3-5-21(19)24/h2-11H,12-17H2,1H3. The van der Waals surface area contributed by atoms with Crippen LogP contribution in [0.5, 0.6) is 5.75 Å². The molecule has 2 aromatic carbocycles. The Balaban J connectivity index is 1.28. The van der Waals surface area contributed by atoms with Crippen molar-refractivity contribution < 1.29 is 13.9 Å². The van der Waals surface area contributed by atoms with Crippen molar-refractivity contribution in [1.29, 1.82) is 0 Å². The SMILES string of the molecule is Cn1ccnc1COc1ccc(C(=O)N2CCN(Cc3ccccc3F)CC2)cc1. The second-order valence-corrected chi connectivity index (χ2v) is 7.43. The number of nitrogens with zero attached hydrogens (tertiary/aromatic N) is 4. The van der Waals surface area contributed by atoms with Gasteiger partial charge in [0, 0.05) is 63.3 Å². The molecule has 1 amide bonds. The molecule has 0 saturated carbocycles. The van der Waals surface area contributed by atoms with E-state index >= 15 is 0 Å². The summed E-state index contributed by atoms with van der Waals surface area (Å²) in [6.07, 6.45) is 3.60.